The highest BCUT2D eigenvalue weighted by Crippen LogP contribution is 2.36. The van der Waals surface area contributed by atoms with Gasteiger partial charge in [0.05, 0.1) is 18.3 Å². The van der Waals surface area contributed by atoms with Crippen LogP contribution in [-0.4, -0.2) is 52.9 Å². The van der Waals surface area contributed by atoms with Gasteiger partial charge in [0.1, 0.15) is 0 Å². The SMILES string of the molecule is CC(C)(C)[C@@H](C(=O)N1CCC(NC(=O)Cc2ccccc2)CC1)C(CC(N)=O)C(=O)NO. The third-order valence-corrected chi connectivity index (χ3v) is 5.85. The number of hydroxylamine groups is 1. The lowest BCUT2D eigenvalue weighted by Gasteiger charge is -2.40. The van der Waals surface area contributed by atoms with Crippen molar-refractivity contribution in [2.75, 3.05) is 13.1 Å². The molecule has 32 heavy (non-hydrogen) atoms. The molecule has 5 N–H and O–H groups in total. The van der Waals surface area contributed by atoms with Crippen LogP contribution in [0.3, 0.4) is 0 Å². The van der Waals surface area contributed by atoms with Crippen LogP contribution in [0.25, 0.3) is 0 Å². The minimum absolute atomic E-state index is 0.0366. The van der Waals surface area contributed by atoms with Crippen molar-refractivity contribution in [1.82, 2.24) is 15.7 Å². The van der Waals surface area contributed by atoms with E-state index in [4.69, 9.17) is 10.9 Å². The van der Waals surface area contributed by atoms with Gasteiger partial charge in [-0.25, -0.2) is 5.48 Å². The zero-order chi connectivity index (χ0) is 23.9. The van der Waals surface area contributed by atoms with Gasteiger partial charge in [0, 0.05) is 25.6 Å². The zero-order valence-electron chi connectivity index (χ0n) is 19.0. The molecule has 1 unspecified atom stereocenters. The molecule has 2 rings (SSSR count). The van der Waals surface area contributed by atoms with E-state index in [2.05, 4.69) is 5.32 Å². The number of nitrogens with zero attached hydrogens (tertiary/aromatic N) is 1. The Morgan fingerprint density at radius 2 is 1.72 bits per heavy atom. The molecule has 176 valence electrons. The molecule has 0 spiro atoms. The first-order valence-corrected chi connectivity index (χ1v) is 10.9. The highest BCUT2D eigenvalue weighted by Gasteiger charge is 2.44. The molecule has 1 aromatic carbocycles. The summed E-state index contributed by atoms with van der Waals surface area (Å²) in [6, 6.07) is 9.45. The van der Waals surface area contributed by atoms with Crippen molar-refractivity contribution in [3.63, 3.8) is 0 Å². The molecule has 0 radical (unpaired) electrons. The summed E-state index contributed by atoms with van der Waals surface area (Å²) in [7, 11) is 0. The van der Waals surface area contributed by atoms with Gasteiger partial charge in [-0.15, -0.1) is 0 Å². The molecule has 1 aliphatic heterocycles. The van der Waals surface area contributed by atoms with Crippen LogP contribution in [0, 0.1) is 17.3 Å². The van der Waals surface area contributed by atoms with Crippen LogP contribution in [0.2, 0.25) is 0 Å². The minimum atomic E-state index is -1.08. The third-order valence-electron chi connectivity index (χ3n) is 5.85. The number of benzene rings is 1. The Morgan fingerprint density at radius 3 is 2.22 bits per heavy atom. The van der Waals surface area contributed by atoms with Gasteiger partial charge >= 0.3 is 0 Å². The van der Waals surface area contributed by atoms with Gasteiger partial charge in [-0.3, -0.25) is 24.4 Å². The highest BCUT2D eigenvalue weighted by atomic mass is 16.5. The summed E-state index contributed by atoms with van der Waals surface area (Å²) in [5, 5.41) is 12.2. The van der Waals surface area contributed by atoms with Crippen molar-refractivity contribution in [3.05, 3.63) is 35.9 Å². The number of nitrogens with two attached hydrogens (primary N) is 1. The van der Waals surface area contributed by atoms with E-state index in [1.54, 1.807) is 10.4 Å². The molecule has 9 nitrogen and oxygen atoms in total. The Balaban J connectivity index is 2.01. The van der Waals surface area contributed by atoms with E-state index < -0.39 is 29.1 Å². The summed E-state index contributed by atoms with van der Waals surface area (Å²) < 4.78 is 0. The van der Waals surface area contributed by atoms with E-state index in [9.17, 15) is 19.2 Å². The summed E-state index contributed by atoms with van der Waals surface area (Å²) in [4.78, 5) is 51.2. The molecular weight excluding hydrogens is 412 g/mol. The zero-order valence-corrected chi connectivity index (χ0v) is 19.0. The third kappa shape index (κ3) is 7.05. The van der Waals surface area contributed by atoms with Gasteiger partial charge in [0.25, 0.3) is 0 Å². The molecular formula is C23H34N4O5. The number of nitrogens with one attached hydrogen (secondary N) is 2. The number of primary amides is 1. The van der Waals surface area contributed by atoms with Crippen molar-refractivity contribution in [1.29, 1.82) is 0 Å². The van der Waals surface area contributed by atoms with E-state index in [-0.39, 0.29) is 24.3 Å². The Hall–Kier alpha value is -2.94. The van der Waals surface area contributed by atoms with E-state index >= 15 is 0 Å². The standard InChI is InChI=1S/C23H34N4O5/c1-23(2,3)20(17(14-18(24)28)21(30)26-32)22(31)27-11-9-16(10-12-27)25-19(29)13-15-7-5-4-6-8-15/h4-8,16-17,20,32H,9-14H2,1-3H3,(H2,24,28)(H,25,29)(H,26,30)/t17?,20-/m1/s1. The largest absolute Gasteiger partial charge is 0.370 e. The smallest absolute Gasteiger partial charge is 0.247 e. The fraction of sp³-hybridized carbons (Fsp3) is 0.565. The van der Waals surface area contributed by atoms with Crippen LogP contribution in [0.1, 0.15) is 45.6 Å². The van der Waals surface area contributed by atoms with Crippen molar-refractivity contribution in [3.8, 4) is 0 Å². The van der Waals surface area contributed by atoms with Crippen molar-refractivity contribution < 1.29 is 24.4 Å². The van der Waals surface area contributed by atoms with Crippen LogP contribution in [0.4, 0.5) is 0 Å². The minimum Gasteiger partial charge on any atom is -0.370 e. The quantitative estimate of drug-likeness (QED) is 0.348. The van der Waals surface area contributed by atoms with E-state index in [1.165, 1.54) is 0 Å². The lowest BCUT2D eigenvalue weighted by atomic mass is 9.70. The fourth-order valence-corrected chi connectivity index (χ4v) is 4.31. The maximum atomic E-state index is 13.4. The Bertz CT molecular complexity index is 813. The first-order valence-electron chi connectivity index (χ1n) is 10.9. The molecule has 0 saturated carbocycles. The van der Waals surface area contributed by atoms with Gasteiger partial charge in [-0.1, -0.05) is 51.1 Å². The molecule has 9 heteroatoms. The Kier molecular flexibility index (Phi) is 8.77. The average Bonchev–Trinajstić information content (AvgIpc) is 2.72. The molecule has 1 saturated heterocycles. The number of hydrogen-bond acceptors (Lipinski definition) is 5. The van der Waals surface area contributed by atoms with E-state index in [0.29, 0.717) is 32.4 Å². The van der Waals surface area contributed by atoms with Crippen LogP contribution in [0.5, 0.6) is 0 Å². The van der Waals surface area contributed by atoms with Crippen LogP contribution >= 0.6 is 0 Å². The normalized spacial score (nSPS) is 16.7. The van der Waals surface area contributed by atoms with Gasteiger partial charge in [-0.2, -0.15) is 0 Å². The number of likely N-dealkylation sites (tertiary alicyclic amines) is 1. The average molecular weight is 447 g/mol. The predicted octanol–water partition coefficient (Wildman–Crippen LogP) is 0.996. The highest BCUT2D eigenvalue weighted by molar-refractivity contribution is 5.91. The van der Waals surface area contributed by atoms with Crippen molar-refractivity contribution >= 4 is 23.6 Å². The molecule has 2 atom stereocenters. The molecule has 0 aliphatic carbocycles. The molecule has 0 bridgehead atoms. The maximum absolute atomic E-state index is 13.4. The van der Waals surface area contributed by atoms with Crippen molar-refractivity contribution in [2.24, 2.45) is 23.0 Å². The number of carbonyl (C=O) groups is 4. The Morgan fingerprint density at radius 1 is 1.12 bits per heavy atom. The number of rotatable bonds is 8. The second kappa shape index (κ2) is 11.1. The summed E-state index contributed by atoms with van der Waals surface area (Å²) in [6.45, 7) is 6.28. The summed E-state index contributed by atoms with van der Waals surface area (Å²) in [5.41, 5.74) is 7.15. The number of piperidine rings is 1. The second-order valence-corrected chi connectivity index (χ2v) is 9.43. The van der Waals surface area contributed by atoms with Crippen molar-refractivity contribution in [2.45, 2.75) is 52.5 Å². The monoisotopic (exact) mass is 446 g/mol. The van der Waals surface area contributed by atoms with Gasteiger partial charge < -0.3 is 16.0 Å². The topological polar surface area (TPSA) is 142 Å². The van der Waals surface area contributed by atoms with E-state index in [0.717, 1.165) is 5.56 Å². The van der Waals surface area contributed by atoms with Crippen LogP contribution in [0.15, 0.2) is 30.3 Å². The second-order valence-electron chi connectivity index (χ2n) is 9.43. The lowest BCUT2D eigenvalue weighted by molar-refractivity contribution is -0.151. The first kappa shape index (κ1) is 25.3. The lowest BCUT2D eigenvalue weighted by Crippen LogP contribution is -2.53. The summed E-state index contributed by atoms with van der Waals surface area (Å²) >= 11 is 0. The predicted molar refractivity (Wildman–Crippen MR) is 118 cm³/mol. The van der Waals surface area contributed by atoms with Gasteiger partial charge in [-0.05, 0) is 23.8 Å². The van der Waals surface area contributed by atoms with E-state index in [1.807, 2.05) is 51.1 Å². The number of amides is 4. The van der Waals surface area contributed by atoms with Crippen LogP contribution in [-0.2, 0) is 25.6 Å². The fourth-order valence-electron chi connectivity index (χ4n) is 4.31. The molecule has 1 aliphatic rings. The molecule has 1 aromatic rings. The summed E-state index contributed by atoms with van der Waals surface area (Å²) in [5.74, 6) is -3.77. The van der Waals surface area contributed by atoms with Gasteiger partial charge in [0.2, 0.25) is 23.6 Å². The Labute approximate surface area is 188 Å². The van der Waals surface area contributed by atoms with Gasteiger partial charge in [0.15, 0.2) is 0 Å². The molecule has 0 aromatic heterocycles. The number of hydrogen-bond donors (Lipinski definition) is 4. The first-order chi connectivity index (χ1) is 15.0. The molecule has 4 amide bonds. The van der Waals surface area contributed by atoms with Crippen LogP contribution < -0.4 is 16.5 Å². The maximum Gasteiger partial charge on any atom is 0.247 e. The number of carbonyl (C=O) groups excluding carboxylic acids is 4. The molecule has 1 fully saturated rings. The summed E-state index contributed by atoms with van der Waals surface area (Å²) in [6.07, 6.45) is 1.15. The molecule has 1 heterocycles.